The second-order valence-corrected chi connectivity index (χ2v) is 6.73. The van der Waals surface area contributed by atoms with Crippen molar-refractivity contribution >= 4 is 40.2 Å². The number of halogens is 1. The summed E-state index contributed by atoms with van der Waals surface area (Å²) in [6.07, 6.45) is 7.74. The van der Waals surface area contributed by atoms with Gasteiger partial charge in [0.2, 0.25) is 5.91 Å². The van der Waals surface area contributed by atoms with E-state index in [4.69, 9.17) is 16.0 Å². The van der Waals surface area contributed by atoms with E-state index in [1.54, 1.807) is 18.2 Å². The van der Waals surface area contributed by atoms with Gasteiger partial charge in [-0.1, -0.05) is 23.7 Å². The van der Waals surface area contributed by atoms with Gasteiger partial charge >= 0.3 is 0 Å². The zero-order valence-corrected chi connectivity index (χ0v) is 14.5. The van der Waals surface area contributed by atoms with Crippen molar-refractivity contribution in [2.24, 2.45) is 0 Å². The Morgan fingerprint density at radius 1 is 1.08 bits per heavy atom. The molecule has 0 radical (unpaired) electrons. The van der Waals surface area contributed by atoms with Crippen LogP contribution in [-0.2, 0) is 17.6 Å². The van der Waals surface area contributed by atoms with Crippen molar-refractivity contribution in [2.75, 3.05) is 5.32 Å². The Morgan fingerprint density at radius 2 is 1.88 bits per heavy atom. The molecule has 1 aliphatic rings. The number of rotatable bonds is 3. The Balaban J connectivity index is 1.51. The van der Waals surface area contributed by atoms with Crippen LogP contribution in [0.4, 0.5) is 5.69 Å². The second kappa shape index (κ2) is 6.77. The molecular formula is C21H18ClNO2. The van der Waals surface area contributed by atoms with Crippen LogP contribution in [0.15, 0.2) is 53.0 Å². The highest BCUT2D eigenvalue weighted by Gasteiger charge is 2.17. The number of carbonyl (C=O) groups excluding carboxylic acids is 1. The average Bonchev–Trinajstić information content (AvgIpc) is 2.99. The number of fused-ring (bicyclic) bond motifs is 3. The van der Waals surface area contributed by atoms with Gasteiger partial charge in [0.15, 0.2) is 0 Å². The molecule has 0 atom stereocenters. The molecule has 1 aromatic heterocycles. The third-order valence-electron chi connectivity index (χ3n) is 4.52. The summed E-state index contributed by atoms with van der Waals surface area (Å²) >= 11 is 5.86. The minimum atomic E-state index is -0.160. The molecule has 0 bridgehead atoms. The molecule has 0 saturated heterocycles. The fourth-order valence-corrected chi connectivity index (χ4v) is 3.40. The minimum Gasteiger partial charge on any atom is -0.461 e. The molecule has 126 valence electrons. The average molecular weight is 352 g/mol. The largest absolute Gasteiger partial charge is 0.461 e. The first-order chi connectivity index (χ1) is 12.2. The summed E-state index contributed by atoms with van der Waals surface area (Å²) in [4.78, 5) is 12.2. The minimum absolute atomic E-state index is 0.160. The molecule has 1 N–H and O–H groups in total. The van der Waals surface area contributed by atoms with Gasteiger partial charge in [-0.3, -0.25) is 4.79 Å². The molecule has 4 rings (SSSR count). The lowest BCUT2D eigenvalue weighted by atomic mass is 9.96. The van der Waals surface area contributed by atoms with Crippen molar-refractivity contribution in [3.8, 4) is 0 Å². The Bertz CT molecular complexity index is 954. The fraction of sp³-hybridized carbons (Fsp3) is 0.190. The van der Waals surface area contributed by atoms with Crippen molar-refractivity contribution < 1.29 is 9.21 Å². The maximum Gasteiger partial charge on any atom is 0.248 e. The molecule has 0 spiro atoms. The molecule has 3 aromatic rings. The first-order valence-corrected chi connectivity index (χ1v) is 8.86. The van der Waals surface area contributed by atoms with Crippen LogP contribution in [0.25, 0.3) is 17.0 Å². The molecule has 2 aromatic carbocycles. The number of anilines is 1. The summed E-state index contributed by atoms with van der Waals surface area (Å²) in [5.41, 5.74) is 3.92. The van der Waals surface area contributed by atoms with E-state index in [0.29, 0.717) is 5.02 Å². The van der Waals surface area contributed by atoms with Gasteiger partial charge in [0.25, 0.3) is 0 Å². The standard InChI is InChI=1S/C21H18ClNO2/c22-15-8-5-14(6-9-15)7-12-21(24)23-16-10-11-20-18(13-16)17-3-1-2-4-19(17)25-20/h5-13H,1-4H2,(H,23,24)/b12-7+. The van der Waals surface area contributed by atoms with Crippen molar-refractivity contribution in [3.63, 3.8) is 0 Å². The highest BCUT2D eigenvalue weighted by Crippen LogP contribution is 2.33. The maximum atomic E-state index is 12.2. The van der Waals surface area contributed by atoms with Crippen molar-refractivity contribution in [2.45, 2.75) is 25.7 Å². The topological polar surface area (TPSA) is 42.2 Å². The lowest BCUT2D eigenvalue weighted by molar-refractivity contribution is -0.111. The first-order valence-electron chi connectivity index (χ1n) is 8.48. The third kappa shape index (κ3) is 3.47. The smallest absolute Gasteiger partial charge is 0.248 e. The van der Waals surface area contributed by atoms with E-state index in [1.165, 1.54) is 24.5 Å². The van der Waals surface area contributed by atoms with Crippen LogP contribution in [-0.4, -0.2) is 5.91 Å². The number of amides is 1. The molecule has 0 fully saturated rings. The zero-order chi connectivity index (χ0) is 17.2. The van der Waals surface area contributed by atoms with Crippen LogP contribution in [0, 0.1) is 0 Å². The summed E-state index contributed by atoms with van der Waals surface area (Å²) in [5.74, 6) is 0.944. The molecule has 25 heavy (non-hydrogen) atoms. The SMILES string of the molecule is O=C(/C=C/c1ccc(Cl)cc1)Nc1ccc2oc3c(c2c1)CCCC3. The molecule has 0 aliphatic heterocycles. The van der Waals surface area contributed by atoms with Crippen LogP contribution in [0.5, 0.6) is 0 Å². The van der Waals surface area contributed by atoms with Gasteiger partial charge in [-0.05, 0) is 61.2 Å². The van der Waals surface area contributed by atoms with Gasteiger partial charge in [0.05, 0.1) is 0 Å². The quantitative estimate of drug-likeness (QED) is 0.622. The van der Waals surface area contributed by atoms with Crippen molar-refractivity contribution in [1.82, 2.24) is 0 Å². The molecule has 0 saturated carbocycles. The van der Waals surface area contributed by atoms with Gasteiger partial charge in [0.1, 0.15) is 11.3 Å². The van der Waals surface area contributed by atoms with Crippen LogP contribution < -0.4 is 5.32 Å². The Labute approximate surface area is 151 Å². The highest BCUT2D eigenvalue weighted by molar-refractivity contribution is 6.30. The Kier molecular flexibility index (Phi) is 4.33. The van der Waals surface area contributed by atoms with Crippen LogP contribution >= 0.6 is 11.6 Å². The van der Waals surface area contributed by atoms with Gasteiger partial charge in [-0.25, -0.2) is 0 Å². The highest BCUT2D eigenvalue weighted by atomic mass is 35.5. The summed E-state index contributed by atoms with van der Waals surface area (Å²) in [5, 5.41) is 4.72. The van der Waals surface area contributed by atoms with E-state index in [1.807, 2.05) is 30.3 Å². The Hall–Kier alpha value is -2.52. The van der Waals surface area contributed by atoms with Crippen LogP contribution in [0.2, 0.25) is 5.02 Å². The molecule has 4 heteroatoms. The Morgan fingerprint density at radius 3 is 2.72 bits per heavy atom. The van der Waals surface area contributed by atoms with Gasteiger partial charge < -0.3 is 9.73 Å². The summed E-state index contributed by atoms with van der Waals surface area (Å²) in [6, 6.07) is 13.2. The summed E-state index contributed by atoms with van der Waals surface area (Å²) in [6.45, 7) is 0. The monoisotopic (exact) mass is 351 g/mol. The molecule has 1 heterocycles. The maximum absolute atomic E-state index is 12.2. The number of carbonyl (C=O) groups is 1. The second-order valence-electron chi connectivity index (χ2n) is 6.30. The van der Waals surface area contributed by atoms with E-state index >= 15 is 0 Å². The van der Waals surface area contributed by atoms with E-state index < -0.39 is 0 Å². The summed E-state index contributed by atoms with van der Waals surface area (Å²) in [7, 11) is 0. The molecule has 1 aliphatic carbocycles. The van der Waals surface area contributed by atoms with E-state index in [0.717, 1.165) is 40.8 Å². The molecule has 1 amide bonds. The lowest BCUT2D eigenvalue weighted by Crippen LogP contribution is -2.07. The number of hydrogen-bond donors (Lipinski definition) is 1. The van der Waals surface area contributed by atoms with Gasteiger partial charge in [-0.15, -0.1) is 0 Å². The van der Waals surface area contributed by atoms with Crippen molar-refractivity contribution in [1.29, 1.82) is 0 Å². The summed E-state index contributed by atoms with van der Waals surface area (Å²) < 4.78 is 5.93. The van der Waals surface area contributed by atoms with Crippen LogP contribution in [0.3, 0.4) is 0 Å². The van der Waals surface area contributed by atoms with Gasteiger partial charge in [0, 0.05) is 34.2 Å². The molecular weight excluding hydrogens is 334 g/mol. The van der Waals surface area contributed by atoms with Crippen molar-refractivity contribution in [3.05, 3.63) is 70.5 Å². The van der Waals surface area contributed by atoms with Crippen LogP contribution in [0.1, 0.15) is 29.7 Å². The predicted molar refractivity (Wildman–Crippen MR) is 102 cm³/mol. The number of nitrogens with one attached hydrogen (secondary N) is 1. The number of aryl methyl sites for hydroxylation is 2. The normalized spacial score (nSPS) is 14.0. The van der Waals surface area contributed by atoms with E-state index in [-0.39, 0.29) is 5.91 Å². The zero-order valence-electron chi connectivity index (χ0n) is 13.7. The number of hydrogen-bond acceptors (Lipinski definition) is 2. The van der Waals surface area contributed by atoms with E-state index in [9.17, 15) is 4.79 Å². The molecule has 0 unspecified atom stereocenters. The number of benzene rings is 2. The van der Waals surface area contributed by atoms with E-state index in [2.05, 4.69) is 5.32 Å². The lowest BCUT2D eigenvalue weighted by Gasteiger charge is -2.08. The third-order valence-corrected chi connectivity index (χ3v) is 4.77. The number of furan rings is 1. The van der Waals surface area contributed by atoms with Gasteiger partial charge in [-0.2, -0.15) is 0 Å². The fourth-order valence-electron chi connectivity index (χ4n) is 3.27. The molecule has 3 nitrogen and oxygen atoms in total. The predicted octanol–water partition coefficient (Wildman–Crippen LogP) is 5.62. The first kappa shape index (κ1) is 16.0.